The molecule has 0 bridgehead atoms. The molecule has 1 heterocycles. The van der Waals surface area contributed by atoms with Crippen LogP contribution in [0.2, 0.25) is 5.02 Å². The van der Waals surface area contributed by atoms with E-state index in [1.54, 1.807) is 14.2 Å². The first-order chi connectivity index (χ1) is 22.8. The Morgan fingerprint density at radius 2 is 1.65 bits per heavy atom. The molecular formula is C37H47ClN5O5+. The van der Waals surface area contributed by atoms with Crippen LogP contribution in [-0.4, -0.2) is 68.8 Å². The largest absolute Gasteiger partial charge is 0.493 e. The van der Waals surface area contributed by atoms with Crippen LogP contribution >= 0.6 is 11.6 Å². The fourth-order valence-electron chi connectivity index (χ4n) is 7.30. The van der Waals surface area contributed by atoms with Gasteiger partial charge in [0.05, 0.1) is 38.8 Å². The first-order valence-corrected chi connectivity index (χ1v) is 16.9. The number of fused-ring (bicyclic) bond motifs is 1. The molecular weight excluding hydrogens is 630 g/mol. The molecule has 1 unspecified atom stereocenters. The predicted molar refractivity (Wildman–Crippen MR) is 189 cm³/mol. The summed E-state index contributed by atoms with van der Waals surface area (Å²) in [6.07, 6.45) is 3.61. The average Bonchev–Trinajstić information content (AvgIpc) is 3.04. The summed E-state index contributed by atoms with van der Waals surface area (Å²) in [7, 11) is 5.39. The van der Waals surface area contributed by atoms with Crippen molar-refractivity contribution in [3.8, 4) is 11.5 Å². The summed E-state index contributed by atoms with van der Waals surface area (Å²) in [5, 5.41) is 0.624. The van der Waals surface area contributed by atoms with Crippen molar-refractivity contribution in [3.63, 3.8) is 0 Å². The third-order valence-corrected chi connectivity index (χ3v) is 10.1. The van der Waals surface area contributed by atoms with Crippen LogP contribution in [0.3, 0.4) is 0 Å². The first kappa shape index (κ1) is 35.0. The molecule has 11 heteroatoms. The fraction of sp³-hybridized carbons (Fsp3) is 0.432. The molecule has 1 fully saturated rings. The summed E-state index contributed by atoms with van der Waals surface area (Å²) >= 11 is 6.27. The van der Waals surface area contributed by atoms with Crippen molar-refractivity contribution in [2.24, 2.45) is 17.4 Å². The number of likely N-dealkylation sites (N-methyl/N-ethyl adjacent to an activating group) is 1. The Labute approximate surface area is 288 Å². The average molecular weight is 677 g/mol. The Balaban J connectivity index is 1.36. The third-order valence-electron chi connectivity index (χ3n) is 9.85. The van der Waals surface area contributed by atoms with E-state index in [2.05, 4.69) is 24.1 Å². The van der Waals surface area contributed by atoms with Crippen molar-refractivity contribution in [1.82, 2.24) is 0 Å². The maximum Gasteiger partial charge on any atom is 0.414 e. The van der Waals surface area contributed by atoms with Crippen molar-refractivity contribution < 1.29 is 28.3 Å². The normalized spacial score (nSPS) is 20.5. The summed E-state index contributed by atoms with van der Waals surface area (Å²) in [4.78, 5) is 41.9. The van der Waals surface area contributed by atoms with Gasteiger partial charge < -0.3 is 30.7 Å². The van der Waals surface area contributed by atoms with Gasteiger partial charge >= 0.3 is 6.03 Å². The number of nitrogens with two attached hydrogens (primary N) is 2. The number of carbonyl (C=O) groups is 3. The van der Waals surface area contributed by atoms with Crippen molar-refractivity contribution in [2.45, 2.75) is 64.1 Å². The Hall–Kier alpha value is -4.28. The molecule has 4 amide bonds. The lowest BCUT2D eigenvalue weighted by molar-refractivity contribution is -0.849. The van der Waals surface area contributed by atoms with Gasteiger partial charge in [-0.15, -0.1) is 0 Å². The van der Waals surface area contributed by atoms with Crippen molar-refractivity contribution in [1.29, 1.82) is 0 Å². The minimum absolute atomic E-state index is 0.0161. The second-order valence-corrected chi connectivity index (χ2v) is 14.0. The highest BCUT2D eigenvalue weighted by Crippen LogP contribution is 2.44. The van der Waals surface area contributed by atoms with Crippen LogP contribution < -0.4 is 30.7 Å². The van der Waals surface area contributed by atoms with E-state index in [1.807, 2.05) is 67.3 Å². The highest BCUT2D eigenvalue weighted by atomic mass is 35.5. The number of benzene rings is 3. The highest BCUT2D eigenvalue weighted by Gasteiger charge is 2.42. The zero-order chi connectivity index (χ0) is 34.7. The van der Waals surface area contributed by atoms with Crippen molar-refractivity contribution >= 4 is 40.8 Å². The van der Waals surface area contributed by atoms with Crippen LogP contribution in [0.15, 0.2) is 60.7 Å². The number of primary amides is 2. The molecule has 2 aliphatic rings. The van der Waals surface area contributed by atoms with E-state index in [-0.39, 0.29) is 35.5 Å². The predicted octanol–water partition coefficient (Wildman–Crippen LogP) is 5.82. The topological polar surface area (TPSA) is 128 Å². The minimum Gasteiger partial charge on any atom is -0.493 e. The zero-order valence-corrected chi connectivity index (χ0v) is 29.2. The van der Waals surface area contributed by atoms with Gasteiger partial charge in [0, 0.05) is 42.8 Å². The SMILES string of the molecule is COc1cc2c(cc1OC(C)C)[C@H](c1ccc(Cl)cc1)N(c1ccc(N(C)C[C@H]3CC[C@H]([N+](C)(CC(N)=O)C(N)=O)CC3)cc1)C(=O)C2. The second kappa shape index (κ2) is 14.5. The molecule has 3 aromatic rings. The summed E-state index contributed by atoms with van der Waals surface area (Å²) in [6, 6.07) is 18.7. The molecule has 2 atom stereocenters. The number of halogens is 1. The number of quaternary nitrogens is 1. The minimum atomic E-state index is -0.526. The molecule has 10 nitrogen and oxygen atoms in total. The molecule has 0 radical (unpaired) electrons. The molecule has 1 aliphatic carbocycles. The van der Waals surface area contributed by atoms with E-state index in [0.29, 0.717) is 22.4 Å². The summed E-state index contributed by atoms with van der Waals surface area (Å²) in [5.41, 5.74) is 15.8. The number of carbonyl (C=O) groups excluding carboxylic acids is 3. The van der Waals surface area contributed by atoms with E-state index < -0.39 is 18.0 Å². The Morgan fingerprint density at radius 3 is 2.21 bits per heavy atom. The number of rotatable bonds is 11. The van der Waals surface area contributed by atoms with Crippen LogP contribution in [0.25, 0.3) is 0 Å². The second-order valence-electron chi connectivity index (χ2n) is 13.6. The number of methoxy groups -OCH3 is 1. The van der Waals surface area contributed by atoms with Crippen LogP contribution in [0.4, 0.5) is 16.2 Å². The molecule has 0 saturated heterocycles. The van der Waals surface area contributed by atoms with Crippen molar-refractivity contribution in [2.75, 3.05) is 44.1 Å². The monoisotopic (exact) mass is 676 g/mol. The number of anilines is 2. The van der Waals surface area contributed by atoms with Gasteiger partial charge in [0.1, 0.15) is 0 Å². The lowest BCUT2D eigenvalue weighted by Gasteiger charge is -2.41. The fourth-order valence-corrected chi connectivity index (χ4v) is 7.42. The van der Waals surface area contributed by atoms with Gasteiger partial charge in [-0.05, 0) is 97.8 Å². The van der Waals surface area contributed by atoms with Crippen LogP contribution in [0, 0.1) is 5.92 Å². The van der Waals surface area contributed by atoms with Gasteiger partial charge in [-0.1, -0.05) is 23.7 Å². The lowest BCUT2D eigenvalue weighted by Crippen LogP contribution is -2.62. The lowest BCUT2D eigenvalue weighted by atomic mass is 9.84. The van der Waals surface area contributed by atoms with Gasteiger partial charge in [0.25, 0.3) is 5.91 Å². The number of ether oxygens (including phenoxy) is 2. The maximum absolute atomic E-state index is 13.9. The number of hydrogen-bond donors (Lipinski definition) is 2. The van der Waals surface area contributed by atoms with Crippen LogP contribution in [0.5, 0.6) is 11.5 Å². The van der Waals surface area contributed by atoms with E-state index in [9.17, 15) is 14.4 Å². The molecule has 48 heavy (non-hydrogen) atoms. The van der Waals surface area contributed by atoms with Gasteiger partial charge in [-0.25, -0.2) is 9.28 Å². The van der Waals surface area contributed by atoms with E-state index in [4.69, 9.17) is 32.5 Å². The molecule has 5 rings (SSSR count). The molecule has 1 aliphatic heterocycles. The van der Waals surface area contributed by atoms with E-state index >= 15 is 0 Å². The zero-order valence-electron chi connectivity index (χ0n) is 28.4. The maximum atomic E-state index is 13.9. The van der Waals surface area contributed by atoms with Crippen LogP contribution in [0.1, 0.15) is 62.3 Å². The van der Waals surface area contributed by atoms with E-state index in [0.717, 1.165) is 60.3 Å². The Bertz CT molecular complexity index is 1640. The van der Waals surface area contributed by atoms with Crippen molar-refractivity contribution in [3.05, 3.63) is 82.4 Å². The summed E-state index contributed by atoms with van der Waals surface area (Å²) in [6.45, 7) is 4.70. The van der Waals surface area contributed by atoms with Gasteiger partial charge in [-0.3, -0.25) is 9.59 Å². The summed E-state index contributed by atoms with van der Waals surface area (Å²) < 4.78 is 11.6. The number of nitrogens with zero attached hydrogens (tertiary/aromatic N) is 3. The summed E-state index contributed by atoms with van der Waals surface area (Å²) in [5.74, 6) is 1.12. The number of hydrogen-bond acceptors (Lipinski definition) is 6. The molecule has 4 N–H and O–H groups in total. The van der Waals surface area contributed by atoms with Gasteiger partial charge in [0.15, 0.2) is 18.0 Å². The molecule has 1 saturated carbocycles. The molecule has 256 valence electrons. The Kier molecular flexibility index (Phi) is 10.6. The standard InChI is InChI=1S/C37H46ClN5O5/c1-23(2)48-33-20-31-26(18-32(33)47-5)19-35(45)42(36(31)25-8-10-27(38)11-9-25)29-14-12-28(13-15-29)41(3)21-24-6-16-30(17-7-24)43(4,37(40)46)22-34(39)44/h8-15,18,20,23-24,30,36H,6-7,16-17,19,21-22H2,1-5H3,(H3-,39,40,44,46)/p+1/t24-,30-,36-,43?/m0/s1. The number of amides is 4. The van der Waals surface area contributed by atoms with Gasteiger partial charge in [-0.2, -0.15) is 0 Å². The molecule has 0 aromatic heterocycles. The highest BCUT2D eigenvalue weighted by molar-refractivity contribution is 6.30. The molecule has 0 spiro atoms. The Morgan fingerprint density at radius 1 is 1.00 bits per heavy atom. The van der Waals surface area contributed by atoms with E-state index in [1.165, 1.54) is 0 Å². The quantitative estimate of drug-likeness (QED) is 0.247. The third kappa shape index (κ3) is 7.39. The smallest absolute Gasteiger partial charge is 0.414 e. The first-order valence-electron chi connectivity index (χ1n) is 16.5. The van der Waals surface area contributed by atoms with Gasteiger partial charge in [0.2, 0.25) is 5.91 Å². The number of urea groups is 1. The van der Waals surface area contributed by atoms with Crippen LogP contribution in [-0.2, 0) is 16.0 Å². The molecule has 3 aromatic carbocycles.